The van der Waals surface area contributed by atoms with Crippen molar-refractivity contribution in [3.63, 3.8) is 0 Å². The first-order valence-electron chi connectivity index (χ1n) is 12.8. The van der Waals surface area contributed by atoms with Gasteiger partial charge in [-0.25, -0.2) is 0 Å². The lowest BCUT2D eigenvalue weighted by Gasteiger charge is -2.44. The molecule has 0 bridgehead atoms. The summed E-state index contributed by atoms with van der Waals surface area (Å²) in [7, 11) is 0. The molecule has 4 rings (SSSR count). The fourth-order valence-electron chi connectivity index (χ4n) is 7.26. The number of aliphatic hydroxyl groups is 3. The maximum atomic E-state index is 11.9. The van der Waals surface area contributed by atoms with Crippen molar-refractivity contribution in [2.75, 3.05) is 0 Å². The van der Waals surface area contributed by atoms with E-state index >= 15 is 0 Å². The predicted molar refractivity (Wildman–Crippen MR) is 127 cm³/mol. The van der Waals surface area contributed by atoms with Crippen LogP contribution < -0.4 is 0 Å². The molecule has 4 nitrogen and oxygen atoms in total. The fourth-order valence-corrected chi connectivity index (χ4v) is 7.26. The summed E-state index contributed by atoms with van der Waals surface area (Å²) >= 11 is 0. The number of aliphatic hydroxyl groups excluding tert-OH is 3. The molecule has 178 valence electrons. The van der Waals surface area contributed by atoms with E-state index in [1.807, 2.05) is 6.08 Å². The van der Waals surface area contributed by atoms with Gasteiger partial charge < -0.3 is 15.3 Å². The van der Waals surface area contributed by atoms with E-state index in [9.17, 15) is 20.1 Å². The Kier molecular flexibility index (Phi) is 6.87. The van der Waals surface area contributed by atoms with Crippen LogP contribution in [0.4, 0.5) is 0 Å². The Morgan fingerprint density at radius 2 is 1.75 bits per heavy atom. The molecule has 0 spiro atoms. The van der Waals surface area contributed by atoms with Crippen molar-refractivity contribution in [1.82, 2.24) is 0 Å². The SMILES string of the molecule is CC(=O)C1([C@@H](O)/C=C/[C@@H](C)[C@H]2CC[C@H]3/C(=C/C=C4C[C@@H](O)C[C@H](O)C4)CCC[C@]23C)CC1. The minimum atomic E-state index is -0.651. The summed E-state index contributed by atoms with van der Waals surface area (Å²) in [5.41, 5.74) is 2.46. The van der Waals surface area contributed by atoms with Gasteiger partial charge in [0.05, 0.1) is 23.7 Å². The number of allylic oxidation sites excluding steroid dienone is 4. The number of rotatable bonds is 6. The second-order valence-electron chi connectivity index (χ2n) is 11.5. The summed E-state index contributed by atoms with van der Waals surface area (Å²) in [6.45, 7) is 6.35. The van der Waals surface area contributed by atoms with Crippen molar-refractivity contribution in [1.29, 1.82) is 0 Å². The smallest absolute Gasteiger partial charge is 0.138 e. The standard InChI is InChI=1S/C28H42O4/c1-18(6-11-26(32)28(13-14-28)19(2)29)24-9-10-25-21(5-4-12-27(24,25)3)8-7-20-15-22(30)17-23(31)16-20/h6-8,11,18,22-26,30-32H,4-5,9-10,12-17H2,1-3H3/b11-6+,21-8+/t18-,22-,23-,24-,25+,26+,27-/m1/s1. The lowest BCUT2D eigenvalue weighted by Crippen LogP contribution is -2.35. The zero-order valence-electron chi connectivity index (χ0n) is 20.1. The molecule has 7 atom stereocenters. The van der Waals surface area contributed by atoms with Crippen LogP contribution >= 0.6 is 0 Å². The average molecular weight is 443 g/mol. The first-order valence-corrected chi connectivity index (χ1v) is 12.8. The van der Waals surface area contributed by atoms with E-state index in [-0.39, 0.29) is 11.2 Å². The molecular weight excluding hydrogens is 400 g/mol. The van der Waals surface area contributed by atoms with Crippen LogP contribution in [-0.4, -0.2) is 39.4 Å². The minimum Gasteiger partial charge on any atom is -0.393 e. The Hall–Kier alpha value is -1.23. The summed E-state index contributed by atoms with van der Waals surface area (Å²) < 4.78 is 0. The zero-order valence-corrected chi connectivity index (χ0v) is 20.1. The van der Waals surface area contributed by atoms with Crippen LogP contribution in [0.5, 0.6) is 0 Å². The van der Waals surface area contributed by atoms with E-state index in [2.05, 4.69) is 32.1 Å². The van der Waals surface area contributed by atoms with Crippen molar-refractivity contribution in [3.05, 3.63) is 35.5 Å². The molecule has 32 heavy (non-hydrogen) atoms. The van der Waals surface area contributed by atoms with Crippen molar-refractivity contribution in [2.24, 2.45) is 28.6 Å². The van der Waals surface area contributed by atoms with Gasteiger partial charge in [0, 0.05) is 0 Å². The average Bonchev–Trinajstić information content (AvgIpc) is 3.46. The molecule has 4 fully saturated rings. The Morgan fingerprint density at radius 1 is 1.06 bits per heavy atom. The number of carbonyl (C=O) groups is 1. The normalized spacial score (nSPS) is 39.7. The molecule has 4 saturated carbocycles. The van der Waals surface area contributed by atoms with Crippen molar-refractivity contribution >= 4 is 5.78 Å². The molecule has 0 aromatic rings. The summed E-state index contributed by atoms with van der Waals surface area (Å²) in [5.74, 6) is 1.66. The van der Waals surface area contributed by atoms with Gasteiger partial charge in [-0.05, 0) is 94.3 Å². The number of ketones is 1. The highest BCUT2D eigenvalue weighted by atomic mass is 16.3. The molecule has 4 aliphatic carbocycles. The largest absolute Gasteiger partial charge is 0.393 e. The third-order valence-corrected chi connectivity index (χ3v) is 9.40. The van der Waals surface area contributed by atoms with Gasteiger partial charge in [-0.15, -0.1) is 0 Å². The van der Waals surface area contributed by atoms with E-state index in [1.165, 1.54) is 31.3 Å². The van der Waals surface area contributed by atoms with Crippen LogP contribution in [0.1, 0.15) is 85.0 Å². The van der Waals surface area contributed by atoms with Gasteiger partial charge in [-0.3, -0.25) is 4.79 Å². The number of carbonyl (C=O) groups excluding carboxylic acids is 1. The van der Waals surface area contributed by atoms with Crippen LogP contribution in [0.25, 0.3) is 0 Å². The van der Waals surface area contributed by atoms with Crippen LogP contribution in [0, 0.1) is 28.6 Å². The van der Waals surface area contributed by atoms with Crippen LogP contribution in [0.2, 0.25) is 0 Å². The zero-order chi connectivity index (χ0) is 23.1. The van der Waals surface area contributed by atoms with E-state index in [0.717, 1.165) is 24.8 Å². The van der Waals surface area contributed by atoms with E-state index in [1.54, 1.807) is 6.92 Å². The Balaban J connectivity index is 1.45. The van der Waals surface area contributed by atoms with Gasteiger partial charge in [-0.2, -0.15) is 0 Å². The van der Waals surface area contributed by atoms with Gasteiger partial charge in [0.1, 0.15) is 5.78 Å². The quantitative estimate of drug-likeness (QED) is 0.512. The van der Waals surface area contributed by atoms with Gasteiger partial charge >= 0.3 is 0 Å². The number of fused-ring (bicyclic) bond motifs is 1. The third kappa shape index (κ3) is 4.56. The summed E-state index contributed by atoms with van der Waals surface area (Å²) in [5, 5.41) is 30.6. The number of hydrogen-bond acceptors (Lipinski definition) is 4. The number of Topliss-reactive ketones (excluding diaryl/α,β-unsaturated/α-hetero) is 1. The molecule has 0 saturated heterocycles. The first-order chi connectivity index (χ1) is 15.2. The van der Waals surface area contributed by atoms with Crippen molar-refractivity contribution < 1.29 is 20.1 Å². The lowest BCUT2D eigenvalue weighted by atomic mass is 9.61. The Labute approximate surface area is 193 Å². The van der Waals surface area contributed by atoms with Crippen LogP contribution in [0.15, 0.2) is 35.5 Å². The summed E-state index contributed by atoms with van der Waals surface area (Å²) in [6, 6.07) is 0. The summed E-state index contributed by atoms with van der Waals surface area (Å²) in [6.07, 6.45) is 16.5. The monoisotopic (exact) mass is 442 g/mol. The molecule has 3 N–H and O–H groups in total. The van der Waals surface area contributed by atoms with E-state index in [0.29, 0.717) is 37.0 Å². The Bertz CT molecular complexity index is 792. The molecule has 0 aliphatic heterocycles. The third-order valence-electron chi connectivity index (χ3n) is 9.40. The van der Waals surface area contributed by atoms with Crippen LogP contribution in [0.3, 0.4) is 0 Å². The second-order valence-corrected chi connectivity index (χ2v) is 11.5. The maximum Gasteiger partial charge on any atom is 0.138 e. The van der Waals surface area contributed by atoms with Gasteiger partial charge in [-0.1, -0.05) is 49.3 Å². The topological polar surface area (TPSA) is 77.8 Å². The number of hydrogen-bond donors (Lipinski definition) is 3. The highest BCUT2D eigenvalue weighted by molar-refractivity contribution is 5.86. The highest BCUT2D eigenvalue weighted by Crippen LogP contribution is 2.59. The lowest BCUT2D eigenvalue weighted by molar-refractivity contribution is -0.124. The van der Waals surface area contributed by atoms with Crippen molar-refractivity contribution in [2.45, 2.75) is 103 Å². The maximum absolute atomic E-state index is 11.9. The minimum absolute atomic E-state index is 0.115. The predicted octanol–water partition coefficient (Wildman–Crippen LogP) is 4.88. The van der Waals surface area contributed by atoms with Gasteiger partial charge in [0.15, 0.2) is 0 Å². The second kappa shape index (κ2) is 9.19. The first kappa shape index (κ1) is 23.9. The molecule has 4 aliphatic rings. The van der Waals surface area contributed by atoms with Gasteiger partial charge in [0.25, 0.3) is 0 Å². The van der Waals surface area contributed by atoms with E-state index < -0.39 is 23.7 Å². The molecule has 0 aromatic carbocycles. The van der Waals surface area contributed by atoms with Crippen LogP contribution in [-0.2, 0) is 4.79 Å². The molecule has 0 unspecified atom stereocenters. The summed E-state index contributed by atoms with van der Waals surface area (Å²) in [4.78, 5) is 11.9. The molecular formula is C28H42O4. The molecule has 0 amide bonds. The molecule has 0 heterocycles. The molecule has 0 aromatic heterocycles. The highest BCUT2D eigenvalue weighted by Gasteiger charge is 2.53. The Morgan fingerprint density at radius 3 is 2.38 bits per heavy atom. The van der Waals surface area contributed by atoms with E-state index in [4.69, 9.17) is 0 Å². The molecule has 4 heteroatoms. The van der Waals surface area contributed by atoms with Crippen molar-refractivity contribution in [3.8, 4) is 0 Å². The molecule has 0 radical (unpaired) electrons. The fraction of sp³-hybridized carbons (Fsp3) is 0.750. The van der Waals surface area contributed by atoms with Gasteiger partial charge in [0.2, 0.25) is 0 Å².